The van der Waals surface area contributed by atoms with Crippen LogP contribution in [0.15, 0.2) is 24.3 Å². The Morgan fingerprint density at radius 1 is 1.15 bits per heavy atom. The van der Waals surface area contributed by atoms with Gasteiger partial charge in [-0.2, -0.15) is 0 Å². The molecule has 1 aromatic rings. The van der Waals surface area contributed by atoms with E-state index >= 15 is 0 Å². The molecule has 3 rings (SSSR count). The van der Waals surface area contributed by atoms with Crippen LogP contribution < -0.4 is 10.6 Å². The molecule has 0 bridgehead atoms. The zero-order valence-electron chi connectivity index (χ0n) is 11.9. The summed E-state index contributed by atoms with van der Waals surface area (Å²) in [4.78, 5) is 14.0. The van der Waals surface area contributed by atoms with Crippen LogP contribution in [-0.2, 0) is 0 Å². The van der Waals surface area contributed by atoms with Crippen molar-refractivity contribution in [2.45, 2.75) is 31.6 Å². The van der Waals surface area contributed by atoms with Crippen LogP contribution in [0.3, 0.4) is 0 Å². The summed E-state index contributed by atoms with van der Waals surface area (Å²) in [6.45, 7) is 3.95. The molecule has 0 aliphatic carbocycles. The number of rotatable bonds is 2. The van der Waals surface area contributed by atoms with Gasteiger partial charge < -0.3 is 15.5 Å². The van der Waals surface area contributed by atoms with Crippen molar-refractivity contribution >= 4 is 11.7 Å². The molecule has 2 fully saturated rings. The molecule has 108 valence electrons. The number of carbonyl (C=O) groups is 1. The van der Waals surface area contributed by atoms with Gasteiger partial charge in [0.15, 0.2) is 0 Å². The van der Waals surface area contributed by atoms with Crippen molar-refractivity contribution in [2.75, 3.05) is 31.5 Å². The predicted octanol–water partition coefficient (Wildman–Crippen LogP) is 2.78. The minimum Gasteiger partial charge on any atom is -0.325 e. The van der Waals surface area contributed by atoms with Crippen molar-refractivity contribution in [1.29, 1.82) is 0 Å². The molecule has 1 aromatic carbocycles. The quantitative estimate of drug-likeness (QED) is 0.870. The highest BCUT2D eigenvalue weighted by Gasteiger charge is 2.18. The summed E-state index contributed by atoms with van der Waals surface area (Å²) in [7, 11) is 0. The van der Waals surface area contributed by atoms with Gasteiger partial charge in [0.2, 0.25) is 0 Å². The van der Waals surface area contributed by atoms with Gasteiger partial charge in [0.05, 0.1) is 0 Å². The third-order valence-electron chi connectivity index (χ3n) is 4.34. The molecule has 2 amide bonds. The van der Waals surface area contributed by atoms with Crippen LogP contribution in [0.4, 0.5) is 10.5 Å². The fourth-order valence-corrected chi connectivity index (χ4v) is 3.08. The Bertz CT molecular complexity index is 445. The minimum absolute atomic E-state index is 0.0417. The highest BCUT2D eigenvalue weighted by atomic mass is 16.2. The number of amides is 2. The SMILES string of the molecule is O=C(Nc1ccc([C@@H]2CCNC2)cc1)N1CCCCC1. The second-order valence-electron chi connectivity index (χ2n) is 5.79. The summed E-state index contributed by atoms with van der Waals surface area (Å²) in [5.74, 6) is 0.627. The lowest BCUT2D eigenvalue weighted by Gasteiger charge is -2.26. The van der Waals surface area contributed by atoms with E-state index in [1.165, 1.54) is 18.4 Å². The number of piperidine rings is 1. The molecule has 2 heterocycles. The van der Waals surface area contributed by atoms with E-state index in [-0.39, 0.29) is 6.03 Å². The van der Waals surface area contributed by atoms with Gasteiger partial charge >= 0.3 is 6.03 Å². The monoisotopic (exact) mass is 273 g/mol. The van der Waals surface area contributed by atoms with Crippen LogP contribution in [0, 0.1) is 0 Å². The maximum absolute atomic E-state index is 12.1. The normalized spacial score (nSPS) is 22.8. The number of hydrogen-bond acceptors (Lipinski definition) is 2. The molecule has 2 aliphatic rings. The molecule has 0 radical (unpaired) electrons. The lowest BCUT2D eigenvalue weighted by Crippen LogP contribution is -2.38. The Morgan fingerprint density at radius 2 is 1.90 bits per heavy atom. The number of nitrogens with one attached hydrogen (secondary N) is 2. The van der Waals surface area contributed by atoms with Crippen molar-refractivity contribution < 1.29 is 4.79 Å². The molecule has 1 atom stereocenters. The minimum atomic E-state index is 0.0417. The third-order valence-corrected chi connectivity index (χ3v) is 4.34. The molecule has 2 saturated heterocycles. The Labute approximate surface area is 120 Å². The average molecular weight is 273 g/mol. The predicted molar refractivity (Wildman–Crippen MR) is 81.1 cm³/mol. The van der Waals surface area contributed by atoms with Crippen molar-refractivity contribution in [3.05, 3.63) is 29.8 Å². The summed E-state index contributed by atoms with van der Waals surface area (Å²) in [5.41, 5.74) is 2.27. The molecule has 20 heavy (non-hydrogen) atoms. The lowest BCUT2D eigenvalue weighted by molar-refractivity contribution is 0.200. The molecule has 0 saturated carbocycles. The zero-order chi connectivity index (χ0) is 13.8. The first kappa shape index (κ1) is 13.4. The summed E-state index contributed by atoms with van der Waals surface area (Å²) in [6, 6.07) is 8.37. The van der Waals surface area contributed by atoms with E-state index in [1.807, 2.05) is 17.0 Å². The molecular weight excluding hydrogens is 250 g/mol. The molecule has 0 unspecified atom stereocenters. The Hall–Kier alpha value is -1.55. The molecule has 4 heteroatoms. The van der Waals surface area contributed by atoms with Gasteiger partial charge in [0.25, 0.3) is 0 Å². The van der Waals surface area contributed by atoms with Gasteiger partial charge in [-0.05, 0) is 55.8 Å². The highest BCUT2D eigenvalue weighted by Crippen LogP contribution is 2.23. The number of anilines is 1. The molecule has 4 nitrogen and oxygen atoms in total. The van der Waals surface area contributed by atoms with Crippen molar-refractivity contribution in [1.82, 2.24) is 10.2 Å². The number of likely N-dealkylation sites (tertiary alicyclic amines) is 1. The largest absolute Gasteiger partial charge is 0.325 e. The smallest absolute Gasteiger partial charge is 0.321 e. The second kappa shape index (κ2) is 6.27. The van der Waals surface area contributed by atoms with Crippen LogP contribution in [0.25, 0.3) is 0 Å². The van der Waals surface area contributed by atoms with E-state index in [0.29, 0.717) is 5.92 Å². The van der Waals surface area contributed by atoms with Gasteiger partial charge in [0.1, 0.15) is 0 Å². The molecule has 2 N–H and O–H groups in total. The number of carbonyl (C=O) groups excluding carboxylic acids is 1. The molecule has 0 aromatic heterocycles. The van der Waals surface area contributed by atoms with E-state index in [4.69, 9.17) is 0 Å². The van der Waals surface area contributed by atoms with Crippen LogP contribution >= 0.6 is 0 Å². The van der Waals surface area contributed by atoms with E-state index < -0.39 is 0 Å². The second-order valence-corrected chi connectivity index (χ2v) is 5.79. The fourth-order valence-electron chi connectivity index (χ4n) is 3.08. The average Bonchev–Trinajstić information content (AvgIpc) is 3.03. The van der Waals surface area contributed by atoms with Gasteiger partial charge in [-0.15, -0.1) is 0 Å². The first-order valence-electron chi connectivity index (χ1n) is 7.69. The summed E-state index contributed by atoms with van der Waals surface area (Å²) >= 11 is 0. The Morgan fingerprint density at radius 3 is 2.55 bits per heavy atom. The Kier molecular flexibility index (Phi) is 4.21. The number of nitrogens with zero attached hydrogens (tertiary/aromatic N) is 1. The maximum Gasteiger partial charge on any atom is 0.321 e. The van der Waals surface area contributed by atoms with Gasteiger partial charge in [-0.3, -0.25) is 0 Å². The lowest BCUT2D eigenvalue weighted by atomic mass is 9.98. The number of benzene rings is 1. The van der Waals surface area contributed by atoms with E-state index in [9.17, 15) is 4.79 Å². The molecule has 2 aliphatic heterocycles. The van der Waals surface area contributed by atoms with E-state index in [2.05, 4.69) is 22.8 Å². The van der Waals surface area contributed by atoms with Crippen molar-refractivity contribution in [3.8, 4) is 0 Å². The number of hydrogen-bond donors (Lipinski definition) is 2. The van der Waals surface area contributed by atoms with Crippen LogP contribution in [0.1, 0.15) is 37.2 Å². The summed E-state index contributed by atoms with van der Waals surface area (Å²) < 4.78 is 0. The van der Waals surface area contributed by atoms with Gasteiger partial charge in [-0.1, -0.05) is 12.1 Å². The van der Waals surface area contributed by atoms with Crippen molar-refractivity contribution in [2.24, 2.45) is 0 Å². The fraction of sp³-hybridized carbons (Fsp3) is 0.562. The summed E-state index contributed by atoms with van der Waals surface area (Å²) in [6.07, 6.45) is 4.70. The van der Waals surface area contributed by atoms with E-state index in [1.54, 1.807) is 0 Å². The van der Waals surface area contributed by atoms with Crippen molar-refractivity contribution in [3.63, 3.8) is 0 Å². The summed E-state index contributed by atoms with van der Waals surface area (Å²) in [5, 5.41) is 6.39. The number of urea groups is 1. The Balaban J connectivity index is 1.58. The first-order chi connectivity index (χ1) is 9.83. The first-order valence-corrected chi connectivity index (χ1v) is 7.69. The van der Waals surface area contributed by atoms with Gasteiger partial charge in [-0.25, -0.2) is 4.79 Å². The van der Waals surface area contributed by atoms with E-state index in [0.717, 1.165) is 44.7 Å². The van der Waals surface area contributed by atoms with Gasteiger partial charge in [0, 0.05) is 25.3 Å². The zero-order valence-corrected chi connectivity index (χ0v) is 11.9. The topological polar surface area (TPSA) is 44.4 Å². The van der Waals surface area contributed by atoms with Crippen LogP contribution in [0.5, 0.6) is 0 Å². The molecular formula is C16H23N3O. The van der Waals surface area contributed by atoms with Crippen LogP contribution in [0.2, 0.25) is 0 Å². The molecule has 0 spiro atoms. The standard InChI is InChI=1S/C16H23N3O/c20-16(19-10-2-1-3-11-19)18-15-6-4-13(5-7-15)14-8-9-17-12-14/h4-7,14,17H,1-3,8-12H2,(H,18,20)/t14-/m1/s1. The maximum atomic E-state index is 12.1. The third kappa shape index (κ3) is 3.12. The van der Waals surface area contributed by atoms with Crippen LogP contribution in [-0.4, -0.2) is 37.1 Å². The highest BCUT2D eigenvalue weighted by molar-refractivity contribution is 5.89.